The summed E-state index contributed by atoms with van der Waals surface area (Å²) in [6.45, 7) is 9.24. The average Bonchev–Trinajstić information content (AvgIpc) is 2.83. The van der Waals surface area contributed by atoms with E-state index in [1.54, 1.807) is 19.1 Å². The lowest BCUT2D eigenvalue weighted by Crippen LogP contribution is -2.09. The van der Waals surface area contributed by atoms with Crippen LogP contribution in [0, 0.1) is 18.7 Å². The topological polar surface area (TPSA) is 31.2 Å². The number of halogens is 1. The summed E-state index contributed by atoms with van der Waals surface area (Å²) in [5.74, 6) is -0.0351. The number of hydrogen-bond acceptors (Lipinski definition) is 2. The molecular weight excluding hydrogens is 293 g/mol. The summed E-state index contributed by atoms with van der Waals surface area (Å²) in [6, 6.07) is 6.20. The molecule has 0 fully saturated rings. The van der Waals surface area contributed by atoms with E-state index in [0.29, 0.717) is 18.1 Å². The predicted molar refractivity (Wildman–Crippen MR) is 90.0 cm³/mol. The Morgan fingerprint density at radius 3 is 2.48 bits per heavy atom. The maximum absolute atomic E-state index is 13.2. The number of ether oxygens (including phenoxy) is 1. The Bertz CT molecular complexity index is 671. The molecule has 1 aromatic carbocycles. The summed E-state index contributed by atoms with van der Waals surface area (Å²) in [4.78, 5) is 12.4. The second-order valence-electron chi connectivity index (χ2n) is 6.11. The third kappa shape index (κ3) is 4.01. The molecule has 0 saturated carbocycles. The van der Waals surface area contributed by atoms with Crippen LogP contribution in [-0.4, -0.2) is 17.1 Å². The minimum absolute atomic E-state index is 0.289. The molecule has 124 valence electrons. The van der Waals surface area contributed by atoms with Gasteiger partial charge in [0.2, 0.25) is 0 Å². The number of carbonyl (C=O) groups excluding carboxylic acids is 1. The molecule has 0 N–H and O–H groups in total. The molecule has 0 radical (unpaired) electrons. The number of esters is 1. The zero-order chi connectivity index (χ0) is 17.0. The van der Waals surface area contributed by atoms with Gasteiger partial charge in [-0.25, -0.2) is 9.18 Å². The summed E-state index contributed by atoms with van der Waals surface area (Å²) >= 11 is 0. The van der Waals surface area contributed by atoms with Gasteiger partial charge in [0.1, 0.15) is 5.82 Å². The van der Waals surface area contributed by atoms with Crippen LogP contribution >= 0.6 is 0 Å². The second-order valence-corrected chi connectivity index (χ2v) is 6.11. The van der Waals surface area contributed by atoms with Crippen molar-refractivity contribution in [3.63, 3.8) is 0 Å². The molecule has 0 saturated heterocycles. The van der Waals surface area contributed by atoms with Gasteiger partial charge in [-0.3, -0.25) is 0 Å². The smallest absolute Gasteiger partial charge is 0.340 e. The normalized spacial score (nSPS) is 11.0. The molecule has 0 amide bonds. The third-order valence-corrected chi connectivity index (χ3v) is 3.93. The zero-order valence-electron chi connectivity index (χ0n) is 14.2. The molecular formula is C19H24FNO2. The van der Waals surface area contributed by atoms with E-state index in [2.05, 4.69) is 18.4 Å². The largest absolute Gasteiger partial charge is 0.462 e. The van der Waals surface area contributed by atoms with Crippen molar-refractivity contribution >= 4 is 5.97 Å². The molecule has 0 unspecified atom stereocenters. The lowest BCUT2D eigenvalue weighted by atomic mass is 10.0. The van der Waals surface area contributed by atoms with Crippen LogP contribution in [0.5, 0.6) is 0 Å². The van der Waals surface area contributed by atoms with Crippen LogP contribution in [0.1, 0.15) is 43.2 Å². The number of rotatable bonds is 6. The first-order valence-electron chi connectivity index (χ1n) is 8.06. The zero-order valence-corrected chi connectivity index (χ0v) is 14.2. The predicted octanol–water partition coefficient (Wildman–Crippen LogP) is 4.83. The van der Waals surface area contributed by atoms with Crippen molar-refractivity contribution in [3.8, 4) is 11.1 Å². The molecule has 23 heavy (non-hydrogen) atoms. The molecule has 0 aliphatic carbocycles. The van der Waals surface area contributed by atoms with Gasteiger partial charge in [-0.1, -0.05) is 26.0 Å². The van der Waals surface area contributed by atoms with Gasteiger partial charge in [0.05, 0.1) is 12.2 Å². The molecule has 1 heterocycles. The van der Waals surface area contributed by atoms with Crippen molar-refractivity contribution in [3.05, 3.63) is 47.5 Å². The van der Waals surface area contributed by atoms with Crippen LogP contribution in [0.3, 0.4) is 0 Å². The monoisotopic (exact) mass is 317 g/mol. The molecule has 4 heteroatoms. The Labute approximate surface area is 137 Å². The Balaban J connectivity index is 2.47. The first-order chi connectivity index (χ1) is 10.9. The fraction of sp³-hybridized carbons (Fsp3) is 0.421. The quantitative estimate of drug-likeness (QED) is 0.715. The van der Waals surface area contributed by atoms with Crippen molar-refractivity contribution in [1.29, 1.82) is 0 Å². The number of carbonyl (C=O) groups is 1. The van der Waals surface area contributed by atoms with E-state index in [1.807, 2.05) is 13.1 Å². The number of nitrogens with zero attached hydrogens (tertiary/aromatic N) is 1. The Hall–Kier alpha value is -2.10. The van der Waals surface area contributed by atoms with E-state index in [0.717, 1.165) is 29.8 Å². The van der Waals surface area contributed by atoms with Gasteiger partial charge in [-0.15, -0.1) is 0 Å². The molecule has 1 aromatic heterocycles. The Morgan fingerprint density at radius 1 is 1.26 bits per heavy atom. The Kier molecular flexibility index (Phi) is 5.59. The molecule has 0 aliphatic heterocycles. The number of benzene rings is 1. The van der Waals surface area contributed by atoms with Gasteiger partial charge in [0.25, 0.3) is 0 Å². The van der Waals surface area contributed by atoms with Crippen molar-refractivity contribution < 1.29 is 13.9 Å². The van der Waals surface area contributed by atoms with E-state index in [1.165, 1.54) is 12.1 Å². The molecule has 2 aromatic rings. The summed E-state index contributed by atoms with van der Waals surface area (Å²) in [5.41, 5.74) is 3.08. The molecule has 0 bridgehead atoms. The maximum Gasteiger partial charge on any atom is 0.340 e. The lowest BCUT2D eigenvalue weighted by molar-refractivity contribution is 0.0526. The summed E-state index contributed by atoms with van der Waals surface area (Å²) in [5, 5.41) is 0. The highest BCUT2D eigenvalue weighted by Crippen LogP contribution is 2.29. The fourth-order valence-corrected chi connectivity index (χ4v) is 2.59. The van der Waals surface area contributed by atoms with Crippen LogP contribution in [0.4, 0.5) is 4.39 Å². The lowest BCUT2D eigenvalue weighted by Gasteiger charge is -2.09. The highest BCUT2D eigenvalue weighted by Gasteiger charge is 2.21. The van der Waals surface area contributed by atoms with Gasteiger partial charge in [0, 0.05) is 24.0 Å². The molecule has 0 atom stereocenters. The first kappa shape index (κ1) is 17.3. The van der Waals surface area contributed by atoms with Gasteiger partial charge in [-0.2, -0.15) is 0 Å². The van der Waals surface area contributed by atoms with Gasteiger partial charge in [-0.05, 0) is 43.9 Å². The van der Waals surface area contributed by atoms with E-state index in [4.69, 9.17) is 4.74 Å². The molecule has 3 nitrogen and oxygen atoms in total. The minimum Gasteiger partial charge on any atom is -0.462 e. The Morgan fingerprint density at radius 2 is 1.91 bits per heavy atom. The first-order valence-corrected chi connectivity index (χ1v) is 8.06. The van der Waals surface area contributed by atoms with Crippen molar-refractivity contribution in [2.45, 2.75) is 40.7 Å². The van der Waals surface area contributed by atoms with Crippen molar-refractivity contribution in [2.24, 2.45) is 5.92 Å². The number of aryl methyl sites for hydroxylation is 1. The highest BCUT2D eigenvalue weighted by atomic mass is 19.1. The average molecular weight is 317 g/mol. The number of aromatic nitrogens is 1. The number of hydrogen-bond donors (Lipinski definition) is 0. The van der Waals surface area contributed by atoms with Gasteiger partial charge < -0.3 is 9.30 Å². The van der Waals surface area contributed by atoms with E-state index >= 15 is 0 Å². The van der Waals surface area contributed by atoms with E-state index in [9.17, 15) is 9.18 Å². The highest BCUT2D eigenvalue weighted by molar-refractivity contribution is 5.98. The van der Waals surface area contributed by atoms with Crippen LogP contribution in [0.15, 0.2) is 30.5 Å². The second kappa shape index (κ2) is 7.44. The SMILES string of the molecule is CCOC(=O)c1c(-c2ccc(F)cc2)cn(CCC(C)C)c1C. The van der Waals surface area contributed by atoms with Crippen LogP contribution in [0.25, 0.3) is 11.1 Å². The van der Waals surface area contributed by atoms with E-state index in [-0.39, 0.29) is 11.8 Å². The maximum atomic E-state index is 13.2. The van der Waals surface area contributed by atoms with E-state index < -0.39 is 0 Å². The van der Waals surface area contributed by atoms with Gasteiger partial charge in [0.15, 0.2) is 0 Å². The minimum atomic E-state index is -0.326. The van der Waals surface area contributed by atoms with Crippen molar-refractivity contribution in [2.75, 3.05) is 6.61 Å². The van der Waals surface area contributed by atoms with Crippen molar-refractivity contribution in [1.82, 2.24) is 4.57 Å². The molecule has 0 spiro atoms. The molecule has 0 aliphatic rings. The molecule has 2 rings (SSSR count). The standard InChI is InChI=1S/C19H24FNO2/c1-5-23-19(22)18-14(4)21(11-10-13(2)3)12-17(18)15-6-8-16(20)9-7-15/h6-9,12-13H,5,10-11H2,1-4H3. The summed E-state index contributed by atoms with van der Waals surface area (Å²) in [6.07, 6.45) is 3.00. The third-order valence-electron chi connectivity index (χ3n) is 3.93. The summed E-state index contributed by atoms with van der Waals surface area (Å²) in [7, 11) is 0. The van der Waals surface area contributed by atoms with Gasteiger partial charge >= 0.3 is 5.97 Å². The fourth-order valence-electron chi connectivity index (χ4n) is 2.59. The van der Waals surface area contributed by atoms with Crippen LogP contribution < -0.4 is 0 Å². The van der Waals surface area contributed by atoms with Crippen LogP contribution in [0.2, 0.25) is 0 Å². The van der Waals surface area contributed by atoms with Crippen LogP contribution in [-0.2, 0) is 11.3 Å². The summed E-state index contributed by atoms with van der Waals surface area (Å²) < 4.78 is 20.5.